The zero-order valence-electron chi connectivity index (χ0n) is 11.3. The Labute approximate surface area is 114 Å². The van der Waals surface area contributed by atoms with E-state index in [1.54, 1.807) is 0 Å². The normalized spacial score (nSPS) is 13.7. The van der Waals surface area contributed by atoms with Gasteiger partial charge in [0.25, 0.3) is 0 Å². The molecule has 1 rings (SSSR count). The molecule has 0 aliphatic carbocycles. The first-order chi connectivity index (χ1) is 7.82. The van der Waals surface area contributed by atoms with Crippen molar-refractivity contribution in [3.63, 3.8) is 0 Å². The molecule has 1 aromatic heterocycles. The number of thioether (sulfide) groups is 1. The summed E-state index contributed by atoms with van der Waals surface area (Å²) in [6.45, 7) is 11.0. The molecular formula is C13H22N2S2. The minimum atomic E-state index is 0.0896. The second-order valence-electron chi connectivity index (χ2n) is 5.36. The van der Waals surface area contributed by atoms with Gasteiger partial charge >= 0.3 is 0 Å². The fourth-order valence-corrected chi connectivity index (χ4v) is 2.36. The summed E-state index contributed by atoms with van der Waals surface area (Å²) in [4.78, 5) is 7.80. The van der Waals surface area contributed by atoms with Gasteiger partial charge in [0.15, 0.2) is 0 Å². The van der Waals surface area contributed by atoms with Crippen molar-refractivity contribution in [3.05, 3.63) is 22.2 Å². The predicted octanol–water partition coefficient (Wildman–Crippen LogP) is 4.47. The number of hydrogen-bond donors (Lipinski definition) is 1. The third kappa shape index (κ3) is 4.80. The average molecular weight is 270 g/mol. The van der Waals surface area contributed by atoms with Crippen molar-refractivity contribution >= 4 is 24.0 Å². The molecule has 0 saturated heterocycles. The Kier molecular flexibility index (Phi) is 5.20. The molecule has 1 unspecified atom stereocenters. The second kappa shape index (κ2) is 6.01. The maximum atomic E-state index is 5.22. The molecule has 1 heterocycles. The number of nitrogens with one attached hydrogen (secondary N) is 1. The van der Waals surface area contributed by atoms with Crippen molar-refractivity contribution in [1.82, 2.24) is 9.97 Å². The summed E-state index contributed by atoms with van der Waals surface area (Å²) in [5, 5.41) is 0.664. The highest BCUT2D eigenvalue weighted by atomic mass is 32.2. The molecule has 0 aliphatic rings. The van der Waals surface area contributed by atoms with Gasteiger partial charge in [-0.25, -0.2) is 4.98 Å². The van der Waals surface area contributed by atoms with Crippen molar-refractivity contribution in [2.45, 2.75) is 57.5 Å². The monoisotopic (exact) mass is 270 g/mol. The van der Waals surface area contributed by atoms with E-state index in [0.717, 1.165) is 17.3 Å². The molecule has 0 spiro atoms. The molecule has 0 saturated carbocycles. The van der Waals surface area contributed by atoms with Gasteiger partial charge in [-0.15, -0.1) is 0 Å². The standard InChI is InChI=1S/C13H22N2S2/c1-6-9(2)17-8-11-14-10(13(3,4)5)7-12(16)15-11/h7,9H,6,8H2,1-5H3,(H,14,15,16). The smallest absolute Gasteiger partial charge is 0.130 e. The van der Waals surface area contributed by atoms with Crippen molar-refractivity contribution in [1.29, 1.82) is 0 Å². The van der Waals surface area contributed by atoms with Crippen LogP contribution in [0.2, 0.25) is 0 Å². The Morgan fingerprint density at radius 3 is 2.65 bits per heavy atom. The van der Waals surface area contributed by atoms with E-state index in [2.05, 4.69) is 44.6 Å². The lowest BCUT2D eigenvalue weighted by Gasteiger charge is -2.19. The predicted molar refractivity (Wildman–Crippen MR) is 79.2 cm³/mol. The molecule has 2 nitrogen and oxygen atoms in total. The Hall–Kier alpha value is -0.350. The largest absolute Gasteiger partial charge is 0.346 e. The van der Waals surface area contributed by atoms with Crippen LogP contribution in [0.5, 0.6) is 0 Å². The Bertz CT molecular complexity index is 418. The van der Waals surface area contributed by atoms with E-state index in [9.17, 15) is 0 Å². The van der Waals surface area contributed by atoms with Gasteiger partial charge in [0.1, 0.15) is 10.5 Å². The number of nitrogens with zero attached hydrogens (tertiary/aromatic N) is 1. The van der Waals surface area contributed by atoms with Crippen LogP contribution >= 0.6 is 24.0 Å². The highest BCUT2D eigenvalue weighted by Gasteiger charge is 2.15. The van der Waals surface area contributed by atoms with Crippen LogP contribution in [0, 0.1) is 4.64 Å². The highest BCUT2D eigenvalue weighted by Crippen LogP contribution is 2.22. The van der Waals surface area contributed by atoms with E-state index >= 15 is 0 Å². The molecule has 0 radical (unpaired) electrons. The van der Waals surface area contributed by atoms with Gasteiger partial charge in [-0.05, 0) is 12.5 Å². The van der Waals surface area contributed by atoms with E-state index in [0.29, 0.717) is 9.89 Å². The second-order valence-corrected chi connectivity index (χ2v) is 7.20. The molecule has 17 heavy (non-hydrogen) atoms. The lowest BCUT2D eigenvalue weighted by atomic mass is 9.92. The summed E-state index contributed by atoms with van der Waals surface area (Å²) in [5.74, 6) is 1.90. The minimum Gasteiger partial charge on any atom is -0.346 e. The quantitative estimate of drug-likeness (QED) is 0.818. The van der Waals surface area contributed by atoms with Crippen LogP contribution in [0.3, 0.4) is 0 Å². The number of H-pyrrole nitrogens is 1. The maximum Gasteiger partial charge on any atom is 0.130 e. The van der Waals surface area contributed by atoms with Gasteiger partial charge in [0.05, 0.1) is 5.75 Å². The fraction of sp³-hybridized carbons (Fsp3) is 0.692. The maximum absolute atomic E-state index is 5.22. The van der Waals surface area contributed by atoms with Crippen LogP contribution in [0.4, 0.5) is 0 Å². The molecule has 0 amide bonds. The lowest BCUT2D eigenvalue weighted by molar-refractivity contribution is 0.563. The molecule has 0 fully saturated rings. The molecule has 0 bridgehead atoms. The third-order valence-electron chi connectivity index (χ3n) is 2.68. The molecule has 1 atom stereocenters. The summed E-state index contributed by atoms with van der Waals surface area (Å²) < 4.78 is 0.688. The van der Waals surface area contributed by atoms with Crippen LogP contribution in [0.1, 0.15) is 52.6 Å². The van der Waals surface area contributed by atoms with E-state index in [4.69, 9.17) is 12.2 Å². The van der Waals surface area contributed by atoms with Gasteiger partial charge in [-0.3, -0.25) is 0 Å². The molecular weight excluding hydrogens is 248 g/mol. The first-order valence-corrected chi connectivity index (χ1v) is 7.51. The van der Waals surface area contributed by atoms with Crippen LogP contribution in [-0.4, -0.2) is 15.2 Å². The highest BCUT2D eigenvalue weighted by molar-refractivity contribution is 7.99. The topological polar surface area (TPSA) is 28.7 Å². The van der Waals surface area contributed by atoms with Gasteiger partial charge < -0.3 is 4.98 Å². The molecule has 1 N–H and O–H groups in total. The van der Waals surface area contributed by atoms with Gasteiger partial charge in [0.2, 0.25) is 0 Å². The zero-order valence-corrected chi connectivity index (χ0v) is 13.0. The van der Waals surface area contributed by atoms with E-state index in [1.165, 1.54) is 6.42 Å². The summed E-state index contributed by atoms with van der Waals surface area (Å²) >= 11 is 7.14. The van der Waals surface area contributed by atoms with Crippen molar-refractivity contribution < 1.29 is 0 Å². The number of aromatic amines is 1. The SMILES string of the molecule is CCC(C)SCc1nc(=S)cc(C(C)(C)C)[nH]1. The third-order valence-corrected chi connectivity index (χ3v) is 4.23. The Morgan fingerprint density at radius 2 is 2.12 bits per heavy atom. The summed E-state index contributed by atoms with van der Waals surface area (Å²) in [7, 11) is 0. The van der Waals surface area contributed by atoms with Crippen LogP contribution < -0.4 is 0 Å². The Morgan fingerprint density at radius 1 is 1.47 bits per heavy atom. The minimum absolute atomic E-state index is 0.0896. The number of aromatic nitrogens is 2. The zero-order chi connectivity index (χ0) is 13.1. The summed E-state index contributed by atoms with van der Waals surface area (Å²) in [5.41, 5.74) is 1.25. The van der Waals surface area contributed by atoms with Crippen molar-refractivity contribution in [3.8, 4) is 0 Å². The van der Waals surface area contributed by atoms with Gasteiger partial charge in [-0.1, -0.05) is 46.8 Å². The van der Waals surface area contributed by atoms with Gasteiger partial charge in [0, 0.05) is 16.4 Å². The molecule has 1 aromatic rings. The molecule has 4 heteroatoms. The van der Waals surface area contributed by atoms with Crippen molar-refractivity contribution in [2.75, 3.05) is 0 Å². The van der Waals surface area contributed by atoms with Crippen LogP contribution in [-0.2, 0) is 11.2 Å². The lowest BCUT2D eigenvalue weighted by Crippen LogP contribution is -2.15. The fourth-order valence-electron chi connectivity index (χ4n) is 1.32. The summed E-state index contributed by atoms with van der Waals surface area (Å²) in [6.07, 6.45) is 1.18. The van der Waals surface area contributed by atoms with E-state index in [-0.39, 0.29) is 5.41 Å². The molecule has 0 aromatic carbocycles. The molecule has 96 valence electrons. The van der Waals surface area contributed by atoms with Crippen LogP contribution in [0.25, 0.3) is 0 Å². The number of rotatable bonds is 4. The first kappa shape index (κ1) is 14.7. The number of hydrogen-bond acceptors (Lipinski definition) is 3. The Balaban J connectivity index is 2.87. The first-order valence-electron chi connectivity index (χ1n) is 6.05. The van der Waals surface area contributed by atoms with E-state index in [1.807, 2.05) is 17.8 Å². The van der Waals surface area contributed by atoms with Gasteiger partial charge in [-0.2, -0.15) is 11.8 Å². The van der Waals surface area contributed by atoms with Crippen LogP contribution in [0.15, 0.2) is 6.07 Å². The molecule has 0 aliphatic heterocycles. The average Bonchev–Trinajstić information content (AvgIpc) is 2.24. The summed E-state index contributed by atoms with van der Waals surface area (Å²) in [6, 6.07) is 1.97. The van der Waals surface area contributed by atoms with Crippen molar-refractivity contribution in [2.24, 2.45) is 0 Å². The van der Waals surface area contributed by atoms with E-state index < -0.39 is 0 Å².